The summed E-state index contributed by atoms with van der Waals surface area (Å²) in [5.41, 5.74) is 2.32. The van der Waals surface area contributed by atoms with Gasteiger partial charge in [0, 0.05) is 23.9 Å². The van der Waals surface area contributed by atoms with Gasteiger partial charge >= 0.3 is 0 Å². The van der Waals surface area contributed by atoms with E-state index < -0.39 is 16.7 Å². The van der Waals surface area contributed by atoms with Crippen molar-refractivity contribution in [3.05, 3.63) is 75.5 Å². The first-order valence-electron chi connectivity index (χ1n) is 9.32. The molecule has 31 heavy (non-hydrogen) atoms. The van der Waals surface area contributed by atoms with Gasteiger partial charge in [-0.05, 0) is 19.4 Å². The number of carbonyl (C=O) groups is 2. The lowest BCUT2D eigenvalue weighted by molar-refractivity contribution is -0.384. The summed E-state index contributed by atoms with van der Waals surface area (Å²) in [6, 6.07) is 11.4. The van der Waals surface area contributed by atoms with Crippen molar-refractivity contribution < 1.29 is 24.5 Å². The van der Waals surface area contributed by atoms with E-state index >= 15 is 0 Å². The third-order valence-corrected chi connectivity index (χ3v) is 4.47. The molecule has 2 aromatic rings. The molecular weight excluding hydrogens is 404 g/mol. The van der Waals surface area contributed by atoms with E-state index in [2.05, 4.69) is 10.5 Å². The number of benzene rings is 2. The zero-order valence-corrected chi connectivity index (χ0v) is 16.9. The Kier molecular flexibility index (Phi) is 6.41. The number of amides is 2. The number of non-ortho nitro benzene ring substituents is 1. The molecule has 0 aliphatic carbocycles. The monoisotopic (exact) mass is 424 g/mol. The smallest absolute Gasteiger partial charge is 0.277 e. The molecule has 2 aromatic carbocycles. The van der Waals surface area contributed by atoms with Crippen LogP contribution in [0.1, 0.15) is 18.1 Å². The minimum absolute atomic E-state index is 0.0655. The number of nitro benzene ring substituents is 1. The number of carbonyl (C=O) groups excluding carboxylic acids is 2. The lowest BCUT2D eigenvalue weighted by atomic mass is 10.1. The van der Waals surface area contributed by atoms with Gasteiger partial charge in [0.15, 0.2) is 5.75 Å². The van der Waals surface area contributed by atoms with E-state index in [9.17, 15) is 19.7 Å². The largest absolute Gasteiger partial charge is 0.395 e. The molecule has 0 spiro atoms. The number of imide groups is 1. The van der Waals surface area contributed by atoms with E-state index in [1.165, 1.54) is 18.2 Å². The summed E-state index contributed by atoms with van der Waals surface area (Å²) in [5, 5.41) is 27.0. The van der Waals surface area contributed by atoms with Crippen LogP contribution in [0.4, 0.5) is 11.4 Å². The number of aliphatic hydroxyl groups excluding tert-OH is 1. The fourth-order valence-electron chi connectivity index (χ4n) is 2.85. The molecule has 0 aromatic heterocycles. The van der Waals surface area contributed by atoms with Crippen molar-refractivity contribution in [1.82, 2.24) is 4.90 Å². The van der Waals surface area contributed by atoms with Crippen molar-refractivity contribution in [1.29, 1.82) is 0 Å². The Labute approximate surface area is 177 Å². The summed E-state index contributed by atoms with van der Waals surface area (Å²) in [6.07, 6.45) is 1.07. The number of rotatable bonds is 8. The number of anilines is 1. The van der Waals surface area contributed by atoms with Gasteiger partial charge in [-0.2, -0.15) is 0 Å². The highest BCUT2D eigenvalue weighted by Gasteiger charge is 2.31. The molecule has 160 valence electrons. The molecule has 0 fully saturated rings. The number of hydrogen-bond acceptors (Lipinski definition) is 8. The third kappa shape index (κ3) is 5.11. The number of aliphatic hydroxyl groups is 1. The zero-order chi connectivity index (χ0) is 22.5. The number of β-amino-alcohol motifs (C(OH)–C–C–N with tert-alkyl or cyclic N) is 1. The first kappa shape index (κ1) is 21.7. The van der Waals surface area contributed by atoms with E-state index in [0.29, 0.717) is 5.71 Å². The highest BCUT2D eigenvalue weighted by atomic mass is 16.6. The average molecular weight is 424 g/mol. The summed E-state index contributed by atoms with van der Waals surface area (Å²) in [4.78, 5) is 41.1. The van der Waals surface area contributed by atoms with Crippen molar-refractivity contribution in [2.45, 2.75) is 13.8 Å². The highest BCUT2D eigenvalue weighted by molar-refractivity contribution is 6.17. The fraction of sp³-hybridized carbons (Fsp3) is 0.190. The van der Waals surface area contributed by atoms with Crippen LogP contribution < -0.4 is 10.2 Å². The zero-order valence-electron chi connectivity index (χ0n) is 16.9. The second-order valence-electron chi connectivity index (χ2n) is 6.81. The first-order chi connectivity index (χ1) is 14.8. The summed E-state index contributed by atoms with van der Waals surface area (Å²) < 4.78 is 0. The molecule has 2 N–H and O–H groups in total. The third-order valence-electron chi connectivity index (χ3n) is 4.47. The van der Waals surface area contributed by atoms with Gasteiger partial charge in [-0.15, -0.1) is 0 Å². The Bertz CT molecular complexity index is 1090. The van der Waals surface area contributed by atoms with Gasteiger partial charge in [0.25, 0.3) is 17.5 Å². The van der Waals surface area contributed by atoms with Gasteiger partial charge in [-0.25, -0.2) is 0 Å². The molecule has 0 atom stereocenters. The standard InChI is InChI=1S/C21H20N4O6/c1-13-3-5-15(6-4-13)14(2)23-31-18-10-16(9-17(11-18)25(29)30)22-19-12-20(27)24(7-8-26)21(19)28/h3-6,9-12,22,26H,7-8H2,1-2H3. The van der Waals surface area contributed by atoms with E-state index in [0.717, 1.165) is 22.1 Å². The number of nitrogens with one attached hydrogen (secondary N) is 1. The molecule has 0 radical (unpaired) electrons. The Hall–Kier alpha value is -4.05. The quantitative estimate of drug-likeness (QED) is 0.287. The van der Waals surface area contributed by atoms with Crippen LogP contribution in [0, 0.1) is 17.0 Å². The topological polar surface area (TPSA) is 134 Å². The molecule has 1 heterocycles. The van der Waals surface area contributed by atoms with Crippen LogP contribution >= 0.6 is 0 Å². The van der Waals surface area contributed by atoms with Crippen LogP contribution in [0.15, 0.2) is 59.4 Å². The molecule has 1 aliphatic rings. The van der Waals surface area contributed by atoms with E-state index in [1.54, 1.807) is 6.92 Å². The number of aryl methyl sites for hydroxylation is 1. The number of hydrogen-bond donors (Lipinski definition) is 2. The van der Waals surface area contributed by atoms with Gasteiger partial charge in [0.1, 0.15) is 5.70 Å². The van der Waals surface area contributed by atoms with Crippen molar-refractivity contribution in [2.24, 2.45) is 5.16 Å². The van der Waals surface area contributed by atoms with Crippen LogP contribution in [0.25, 0.3) is 0 Å². The van der Waals surface area contributed by atoms with Crippen molar-refractivity contribution in [3.63, 3.8) is 0 Å². The summed E-state index contributed by atoms with van der Waals surface area (Å²) in [5.74, 6) is -1.14. The van der Waals surface area contributed by atoms with Gasteiger partial charge in [-0.1, -0.05) is 35.0 Å². The Morgan fingerprint density at radius 2 is 1.94 bits per heavy atom. The maximum absolute atomic E-state index is 12.3. The van der Waals surface area contributed by atoms with Crippen molar-refractivity contribution in [2.75, 3.05) is 18.5 Å². The molecule has 10 heteroatoms. The lowest BCUT2D eigenvalue weighted by Crippen LogP contribution is -2.34. The highest BCUT2D eigenvalue weighted by Crippen LogP contribution is 2.28. The second kappa shape index (κ2) is 9.18. The van der Waals surface area contributed by atoms with Gasteiger partial charge < -0.3 is 15.3 Å². The molecule has 10 nitrogen and oxygen atoms in total. The molecule has 0 saturated carbocycles. The lowest BCUT2D eigenvalue weighted by Gasteiger charge is -2.13. The predicted octanol–water partition coefficient (Wildman–Crippen LogP) is 2.36. The molecule has 2 amide bonds. The van der Waals surface area contributed by atoms with Crippen LogP contribution in [0.5, 0.6) is 5.75 Å². The van der Waals surface area contributed by atoms with Gasteiger partial charge in [0.05, 0.1) is 29.9 Å². The number of nitrogens with zero attached hydrogens (tertiary/aromatic N) is 3. The summed E-state index contributed by atoms with van der Waals surface area (Å²) >= 11 is 0. The second-order valence-corrected chi connectivity index (χ2v) is 6.81. The average Bonchev–Trinajstić information content (AvgIpc) is 3.00. The fourth-order valence-corrected chi connectivity index (χ4v) is 2.85. The molecule has 1 aliphatic heterocycles. The number of nitro groups is 1. The van der Waals surface area contributed by atoms with Gasteiger partial charge in [0.2, 0.25) is 0 Å². The van der Waals surface area contributed by atoms with E-state index in [4.69, 9.17) is 9.94 Å². The number of oxime groups is 1. The predicted molar refractivity (Wildman–Crippen MR) is 113 cm³/mol. The Morgan fingerprint density at radius 1 is 1.23 bits per heavy atom. The molecule has 0 saturated heterocycles. The summed E-state index contributed by atoms with van der Waals surface area (Å²) in [7, 11) is 0. The maximum Gasteiger partial charge on any atom is 0.277 e. The molecular formula is C21H20N4O6. The van der Waals surface area contributed by atoms with Crippen molar-refractivity contribution in [3.8, 4) is 5.75 Å². The van der Waals surface area contributed by atoms with Gasteiger partial charge in [-0.3, -0.25) is 24.6 Å². The van der Waals surface area contributed by atoms with Crippen LogP contribution in [0.2, 0.25) is 0 Å². The van der Waals surface area contributed by atoms with Crippen LogP contribution in [-0.4, -0.2) is 45.6 Å². The van der Waals surface area contributed by atoms with E-state index in [1.807, 2.05) is 31.2 Å². The minimum atomic E-state index is -0.638. The molecule has 0 bridgehead atoms. The van der Waals surface area contributed by atoms with Crippen LogP contribution in [0.3, 0.4) is 0 Å². The van der Waals surface area contributed by atoms with Crippen LogP contribution in [-0.2, 0) is 9.59 Å². The summed E-state index contributed by atoms with van der Waals surface area (Å²) in [6.45, 7) is 3.19. The van der Waals surface area contributed by atoms with E-state index in [-0.39, 0.29) is 36.0 Å². The first-order valence-corrected chi connectivity index (χ1v) is 9.32. The Morgan fingerprint density at radius 3 is 2.58 bits per heavy atom. The minimum Gasteiger partial charge on any atom is -0.395 e. The Balaban J connectivity index is 1.83. The normalized spacial score (nSPS) is 14.0. The van der Waals surface area contributed by atoms with Crippen molar-refractivity contribution >= 4 is 28.9 Å². The SMILES string of the molecule is CC(=NOc1cc(NC2=CC(=O)N(CCO)C2=O)cc([N+](=O)[O-])c1)c1ccc(C)cc1. The molecule has 3 rings (SSSR count). The maximum atomic E-state index is 12.3. The molecule has 0 unspecified atom stereocenters.